The number of H-pyrrole nitrogens is 1. The number of fused-ring (bicyclic) bond motifs is 3. The molecule has 4 heterocycles. The molecule has 2 aliphatic rings. The van der Waals surface area contributed by atoms with Gasteiger partial charge in [0.05, 0.1) is 24.7 Å². The molecule has 2 aromatic heterocycles. The zero-order chi connectivity index (χ0) is 21.2. The molecule has 0 aliphatic carbocycles. The lowest BCUT2D eigenvalue weighted by Crippen LogP contribution is -2.39. The van der Waals surface area contributed by atoms with Crippen LogP contribution in [0.5, 0.6) is 0 Å². The zero-order valence-corrected chi connectivity index (χ0v) is 17.2. The van der Waals surface area contributed by atoms with E-state index in [0.717, 1.165) is 50.5 Å². The van der Waals surface area contributed by atoms with Crippen molar-refractivity contribution >= 4 is 28.2 Å². The number of para-hydroxylation sites is 1. The summed E-state index contributed by atoms with van der Waals surface area (Å²) < 4.78 is 5.36. The van der Waals surface area contributed by atoms with E-state index in [4.69, 9.17) is 4.74 Å². The molecule has 0 saturated carbocycles. The van der Waals surface area contributed by atoms with E-state index in [1.165, 1.54) is 17.3 Å². The Morgan fingerprint density at radius 3 is 2.87 bits per heavy atom. The number of aromatic nitrogens is 3. The number of morpholine rings is 1. The standard InChI is InChI=1S/C21H25N7O3/c29-28(30)19-20(22-6-8-26-9-11-31-12-10-26)23-14-24-21(19)27-7-5-16-15-3-1-2-4-17(15)25-18(16)13-27/h1-4,14,25H,5-13H2,(H,22,23,24). The Hall–Kier alpha value is -3.24. The number of nitro groups is 1. The van der Waals surface area contributed by atoms with Crippen LogP contribution >= 0.6 is 0 Å². The number of nitrogens with one attached hydrogen (secondary N) is 2. The summed E-state index contributed by atoms with van der Waals surface area (Å²) in [6.07, 6.45) is 2.21. The van der Waals surface area contributed by atoms with Crippen LogP contribution in [0.1, 0.15) is 11.3 Å². The molecule has 5 rings (SSSR count). The number of anilines is 2. The van der Waals surface area contributed by atoms with Gasteiger partial charge >= 0.3 is 5.69 Å². The van der Waals surface area contributed by atoms with E-state index in [2.05, 4.69) is 37.3 Å². The smallest absolute Gasteiger partial charge is 0.353 e. The minimum atomic E-state index is -0.382. The lowest BCUT2D eigenvalue weighted by atomic mass is 10.0. The van der Waals surface area contributed by atoms with Gasteiger partial charge in [0.15, 0.2) is 0 Å². The lowest BCUT2D eigenvalue weighted by molar-refractivity contribution is -0.383. The number of nitrogens with zero attached hydrogens (tertiary/aromatic N) is 5. The number of aromatic amines is 1. The summed E-state index contributed by atoms with van der Waals surface area (Å²) in [5, 5.41) is 16.3. The van der Waals surface area contributed by atoms with Crippen molar-refractivity contribution in [3.8, 4) is 0 Å². The van der Waals surface area contributed by atoms with Gasteiger partial charge in [0.2, 0.25) is 11.6 Å². The van der Waals surface area contributed by atoms with Gasteiger partial charge in [-0.15, -0.1) is 0 Å². The fourth-order valence-electron chi connectivity index (χ4n) is 4.43. The average molecular weight is 423 g/mol. The summed E-state index contributed by atoms with van der Waals surface area (Å²) in [5.74, 6) is 0.629. The molecule has 31 heavy (non-hydrogen) atoms. The van der Waals surface area contributed by atoms with Crippen LogP contribution in [0.3, 0.4) is 0 Å². The Balaban J connectivity index is 1.36. The molecular formula is C21H25N7O3. The lowest BCUT2D eigenvalue weighted by Gasteiger charge is -2.28. The quantitative estimate of drug-likeness (QED) is 0.458. The van der Waals surface area contributed by atoms with E-state index in [1.807, 2.05) is 17.0 Å². The van der Waals surface area contributed by atoms with Crippen LogP contribution in [0.2, 0.25) is 0 Å². The Kier molecular flexibility index (Phi) is 5.39. The summed E-state index contributed by atoms with van der Waals surface area (Å²) in [6, 6.07) is 8.21. The monoisotopic (exact) mass is 423 g/mol. The predicted octanol–water partition coefficient (Wildman–Crippen LogP) is 2.17. The van der Waals surface area contributed by atoms with Crippen LogP contribution in [0.25, 0.3) is 10.9 Å². The first-order chi connectivity index (χ1) is 15.2. The average Bonchev–Trinajstić information content (AvgIpc) is 3.17. The van der Waals surface area contributed by atoms with Gasteiger partial charge in [-0.25, -0.2) is 9.97 Å². The van der Waals surface area contributed by atoms with Crippen molar-refractivity contribution in [2.45, 2.75) is 13.0 Å². The first-order valence-corrected chi connectivity index (χ1v) is 10.6. The molecule has 1 aromatic carbocycles. The first kappa shape index (κ1) is 19.7. The number of rotatable bonds is 6. The minimum Gasteiger partial charge on any atom is -0.379 e. The van der Waals surface area contributed by atoms with Gasteiger partial charge in [-0.2, -0.15) is 0 Å². The summed E-state index contributed by atoms with van der Waals surface area (Å²) in [7, 11) is 0. The van der Waals surface area contributed by atoms with E-state index in [9.17, 15) is 10.1 Å². The molecule has 0 amide bonds. The normalized spacial score (nSPS) is 17.0. The van der Waals surface area contributed by atoms with Gasteiger partial charge < -0.3 is 19.9 Å². The maximum absolute atomic E-state index is 12.0. The summed E-state index contributed by atoms with van der Waals surface area (Å²) in [6.45, 7) is 5.77. The van der Waals surface area contributed by atoms with Gasteiger partial charge in [0.1, 0.15) is 6.33 Å². The van der Waals surface area contributed by atoms with E-state index in [-0.39, 0.29) is 16.4 Å². The summed E-state index contributed by atoms with van der Waals surface area (Å²) in [4.78, 5) is 27.8. The topological polar surface area (TPSA) is 112 Å². The van der Waals surface area contributed by atoms with Crippen LogP contribution in [0, 0.1) is 10.1 Å². The van der Waals surface area contributed by atoms with E-state index in [1.54, 1.807) is 0 Å². The molecule has 10 nitrogen and oxygen atoms in total. The van der Waals surface area contributed by atoms with Crippen molar-refractivity contribution in [3.63, 3.8) is 0 Å². The fraction of sp³-hybridized carbons (Fsp3) is 0.429. The van der Waals surface area contributed by atoms with Gasteiger partial charge in [0, 0.05) is 49.3 Å². The molecule has 2 N–H and O–H groups in total. The van der Waals surface area contributed by atoms with Gasteiger partial charge in [-0.1, -0.05) is 18.2 Å². The molecule has 162 valence electrons. The van der Waals surface area contributed by atoms with Gasteiger partial charge in [0.25, 0.3) is 0 Å². The van der Waals surface area contributed by atoms with Crippen LogP contribution in [0.15, 0.2) is 30.6 Å². The molecule has 3 aromatic rings. The van der Waals surface area contributed by atoms with Gasteiger partial charge in [-0.05, 0) is 18.1 Å². The molecule has 10 heteroatoms. The molecule has 0 spiro atoms. The summed E-state index contributed by atoms with van der Waals surface area (Å²) >= 11 is 0. The molecule has 1 saturated heterocycles. The Morgan fingerprint density at radius 2 is 2.03 bits per heavy atom. The number of ether oxygens (including phenoxy) is 1. The van der Waals surface area contributed by atoms with Crippen molar-refractivity contribution in [1.29, 1.82) is 0 Å². The molecule has 2 aliphatic heterocycles. The highest BCUT2D eigenvalue weighted by Gasteiger charge is 2.30. The van der Waals surface area contributed by atoms with E-state index >= 15 is 0 Å². The third-order valence-electron chi connectivity index (χ3n) is 5.99. The van der Waals surface area contributed by atoms with Crippen LogP contribution in [0.4, 0.5) is 17.3 Å². The third kappa shape index (κ3) is 3.91. The van der Waals surface area contributed by atoms with Crippen molar-refractivity contribution in [2.75, 3.05) is 56.2 Å². The second-order valence-corrected chi connectivity index (χ2v) is 7.83. The SMILES string of the molecule is O=[N+]([O-])c1c(NCCN2CCOCC2)ncnc1N1CCc2c([nH]c3ccccc23)C1. The number of hydrogen-bond donors (Lipinski definition) is 2. The highest BCUT2D eigenvalue weighted by atomic mass is 16.6. The van der Waals surface area contributed by atoms with Crippen molar-refractivity contribution < 1.29 is 9.66 Å². The maximum Gasteiger partial charge on any atom is 0.353 e. The predicted molar refractivity (Wildman–Crippen MR) is 117 cm³/mol. The first-order valence-electron chi connectivity index (χ1n) is 10.6. The number of hydrogen-bond acceptors (Lipinski definition) is 8. The van der Waals surface area contributed by atoms with Crippen LogP contribution < -0.4 is 10.2 Å². The largest absolute Gasteiger partial charge is 0.379 e. The zero-order valence-electron chi connectivity index (χ0n) is 17.2. The van der Waals surface area contributed by atoms with Crippen LogP contribution in [-0.4, -0.2) is 70.7 Å². The highest BCUT2D eigenvalue weighted by Crippen LogP contribution is 2.35. The highest BCUT2D eigenvalue weighted by molar-refractivity contribution is 5.85. The maximum atomic E-state index is 12.0. The number of benzene rings is 1. The Morgan fingerprint density at radius 1 is 1.19 bits per heavy atom. The van der Waals surface area contributed by atoms with Crippen molar-refractivity contribution in [1.82, 2.24) is 19.9 Å². The minimum absolute atomic E-state index is 0.0657. The molecule has 0 bridgehead atoms. The molecular weight excluding hydrogens is 398 g/mol. The van der Waals surface area contributed by atoms with Crippen molar-refractivity contribution in [2.24, 2.45) is 0 Å². The Labute approximate surface area is 179 Å². The summed E-state index contributed by atoms with van der Waals surface area (Å²) in [5.41, 5.74) is 3.40. The molecule has 0 radical (unpaired) electrons. The van der Waals surface area contributed by atoms with Crippen molar-refractivity contribution in [3.05, 3.63) is 52.0 Å². The second-order valence-electron chi connectivity index (χ2n) is 7.83. The third-order valence-corrected chi connectivity index (χ3v) is 5.99. The second kappa shape index (κ2) is 8.48. The van der Waals surface area contributed by atoms with Gasteiger partial charge in [-0.3, -0.25) is 15.0 Å². The van der Waals surface area contributed by atoms with Crippen LogP contribution in [-0.2, 0) is 17.7 Å². The molecule has 0 unspecified atom stereocenters. The molecule has 1 fully saturated rings. The van der Waals surface area contributed by atoms with E-state index < -0.39 is 0 Å². The van der Waals surface area contributed by atoms with E-state index in [0.29, 0.717) is 25.5 Å². The fourth-order valence-corrected chi connectivity index (χ4v) is 4.43. The Bertz CT molecular complexity index is 1090. The molecule has 0 atom stereocenters.